The van der Waals surface area contributed by atoms with Gasteiger partial charge in [-0.05, 0) is 12.6 Å². The molecule has 0 aromatic rings. The summed E-state index contributed by atoms with van der Waals surface area (Å²) in [4.78, 5) is 19.7. The van der Waals surface area contributed by atoms with Gasteiger partial charge in [0.05, 0.1) is 0 Å². The molecule has 0 unspecified atom stereocenters. The summed E-state index contributed by atoms with van der Waals surface area (Å²) in [7, 11) is -4.35. The summed E-state index contributed by atoms with van der Waals surface area (Å²) >= 11 is 0. The molecule has 9 heavy (non-hydrogen) atoms. The lowest BCUT2D eigenvalue weighted by atomic mass is 10.5. The summed E-state index contributed by atoms with van der Waals surface area (Å²) in [5, 5.41) is 7.92. The third kappa shape index (κ3) is 8.07. The van der Waals surface area contributed by atoms with Crippen molar-refractivity contribution in [1.29, 1.82) is 0 Å². The van der Waals surface area contributed by atoms with Crippen molar-refractivity contribution in [2.24, 2.45) is 0 Å². The molecule has 0 atom stereocenters. The van der Waals surface area contributed by atoms with Crippen LogP contribution in [0, 0.1) is 0 Å². The highest BCUT2D eigenvalue weighted by atomic mass is 31.2. The maximum atomic E-state index is 9.87. The van der Waals surface area contributed by atoms with Gasteiger partial charge in [-0.1, -0.05) is 7.60 Å². The highest BCUT2D eigenvalue weighted by molar-refractivity contribution is 7.48. The Bertz CT molecular complexity index is 110. The predicted octanol–water partition coefficient (Wildman–Crippen LogP) is -1.73. The van der Waals surface area contributed by atoms with Crippen molar-refractivity contribution < 1.29 is 19.6 Å². The number of hydrogen-bond acceptors (Lipinski definition) is 5. The molecule has 6 heteroatoms. The van der Waals surface area contributed by atoms with Crippen LogP contribution in [0.25, 0.3) is 0 Å². The SMILES string of the molecule is O=P([O-])([O-])CCCNO. The van der Waals surface area contributed by atoms with Gasteiger partial charge in [-0.25, -0.2) is 5.48 Å². The van der Waals surface area contributed by atoms with E-state index in [0.717, 1.165) is 0 Å². The van der Waals surface area contributed by atoms with E-state index < -0.39 is 13.8 Å². The van der Waals surface area contributed by atoms with Gasteiger partial charge in [-0.2, -0.15) is 0 Å². The van der Waals surface area contributed by atoms with Crippen LogP contribution in [0.4, 0.5) is 0 Å². The molecule has 0 aromatic heterocycles. The molecular formula is C3H8NO4P-2. The van der Waals surface area contributed by atoms with E-state index in [2.05, 4.69) is 0 Å². The Morgan fingerprint density at radius 3 is 2.44 bits per heavy atom. The Morgan fingerprint density at radius 2 is 2.11 bits per heavy atom. The van der Waals surface area contributed by atoms with Crippen LogP contribution >= 0.6 is 7.60 Å². The van der Waals surface area contributed by atoms with Crippen molar-refractivity contribution in [1.82, 2.24) is 5.48 Å². The van der Waals surface area contributed by atoms with Gasteiger partial charge >= 0.3 is 0 Å². The largest absolute Gasteiger partial charge is 0.811 e. The van der Waals surface area contributed by atoms with E-state index >= 15 is 0 Å². The first kappa shape index (κ1) is 9.07. The Morgan fingerprint density at radius 1 is 1.56 bits per heavy atom. The van der Waals surface area contributed by atoms with E-state index in [0.29, 0.717) is 0 Å². The highest BCUT2D eigenvalue weighted by Crippen LogP contribution is 2.22. The summed E-state index contributed by atoms with van der Waals surface area (Å²) < 4.78 is 9.87. The van der Waals surface area contributed by atoms with Crippen LogP contribution in [0.15, 0.2) is 0 Å². The Labute approximate surface area is 52.8 Å². The molecule has 56 valence electrons. The fourth-order valence-corrected chi connectivity index (χ4v) is 0.897. The highest BCUT2D eigenvalue weighted by Gasteiger charge is 1.89. The van der Waals surface area contributed by atoms with Crippen molar-refractivity contribution >= 4 is 7.60 Å². The van der Waals surface area contributed by atoms with Crippen LogP contribution in [0.2, 0.25) is 0 Å². The second-order valence-electron chi connectivity index (χ2n) is 1.60. The number of hydrogen-bond donors (Lipinski definition) is 2. The van der Waals surface area contributed by atoms with E-state index in [-0.39, 0.29) is 13.0 Å². The van der Waals surface area contributed by atoms with Gasteiger partial charge in [0.15, 0.2) is 0 Å². The quantitative estimate of drug-likeness (QED) is 0.284. The van der Waals surface area contributed by atoms with Crippen LogP contribution in [-0.2, 0) is 4.57 Å². The zero-order valence-corrected chi connectivity index (χ0v) is 5.63. The van der Waals surface area contributed by atoms with Crippen LogP contribution in [0.1, 0.15) is 6.42 Å². The summed E-state index contributed by atoms with van der Waals surface area (Å²) in [6.07, 6.45) is -0.249. The Kier molecular flexibility index (Phi) is 4.01. The molecule has 0 amide bonds. The molecule has 0 bridgehead atoms. The second kappa shape index (κ2) is 3.98. The van der Waals surface area contributed by atoms with E-state index in [4.69, 9.17) is 5.21 Å². The van der Waals surface area contributed by atoms with Gasteiger partial charge in [0.25, 0.3) is 0 Å². The molecule has 0 aliphatic rings. The normalized spacial score (nSPS) is 11.9. The van der Waals surface area contributed by atoms with Crippen molar-refractivity contribution in [3.8, 4) is 0 Å². The topological polar surface area (TPSA) is 95.5 Å². The van der Waals surface area contributed by atoms with Crippen molar-refractivity contribution in [3.63, 3.8) is 0 Å². The fraction of sp³-hybridized carbons (Fsp3) is 1.00. The first-order valence-electron chi connectivity index (χ1n) is 2.44. The maximum absolute atomic E-state index is 9.87. The summed E-state index contributed by atoms with van der Waals surface area (Å²) in [6.45, 7) is 0.133. The van der Waals surface area contributed by atoms with Gasteiger partial charge in [0, 0.05) is 6.54 Å². The van der Waals surface area contributed by atoms with Crippen LogP contribution in [0.5, 0.6) is 0 Å². The second-order valence-corrected chi connectivity index (χ2v) is 3.27. The van der Waals surface area contributed by atoms with Gasteiger partial charge < -0.3 is 19.6 Å². The Balaban J connectivity index is 3.18. The molecule has 0 saturated heterocycles. The van der Waals surface area contributed by atoms with Crippen molar-refractivity contribution in [3.05, 3.63) is 0 Å². The van der Waals surface area contributed by atoms with E-state index in [1.54, 1.807) is 5.48 Å². The molecule has 0 heterocycles. The van der Waals surface area contributed by atoms with Gasteiger partial charge in [-0.3, -0.25) is 0 Å². The monoisotopic (exact) mass is 153 g/mol. The van der Waals surface area contributed by atoms with E-state index in [1.807, 2.05) is 0 Å². The third-order valence-electron chi connectivity index (χ3n) is 0.721. The molecule has 0 spiro atoms. The molecule has 0 saturated carbocycles. The molecule has 0 aromatic carbocycles. The lowest BCUT2D eigenvalue weighted by molar-refractivity contribution is -0.313. The summed E-state index contributed by atoms with van der Waals surface area (Å²) in [5.74, 6) is 0. The molecule has 0 radical (unpaired) electrons. The number of nitrogens with one attached hydrogen (secondary N) is 1. The van der Waals surface area contributed by atoms with Crippen molar-refractivity contribution in [2.45, 2.75) is 6.42 Å². The number of hydroxylamine groups is 1. The smallest absolute Gasteiger partial charge is 0.0211 e. The van der Waals surface area contributed by atoms with Gasteiger partial charge in [0.1, 0.15) is 0 Å². The zero-order valence-electron chi connectivity index (χ0n) is 4.74. The van der Waals surface area contributed by atoms with E-state index in [1.165, 1.54) is 0 Å². The first-order chi connectivity index (χ1) is 4.06. The molecule has 0 fully saturated rings. The predicted molar refractivity (Wildman–Crippen MR) is 26.9 cm³/mol. The average molecular weight is 153 g/mol. The van der Waals surface area contributed by atoms with Gasteiger partial charge in [0.2, 0.25) is 0 Å². The molecule has 5 nitrogen and oxygen atoms in total. The molecular weight excluding hydrogens is 145 g/mol. The lowest BCUT2D eigenvalue weighted by Gasteiger charge is -2.28. The standard InChI is InChI=1S/C3H10NO4P/c5-4-2-1-3-9(6,7)8/h4-5H,1-3H2,(H2,6,7,8)/p-2. The number of rotatable bonds is 4. The molecule has 2 N–H and O–H groups in total. The van der Waals surface area contributed by atoms with Crippen LogP contribution < -0.4 is 15.3 Å². The Hall–Kier alpha value is 0.0700. The van der Waals surface area contributed by atoms with E-state index in [9.17, 15) is 14.4 Å². The molecule has 0 aliphatic heterocycles. The fourth-order valence-electron chi connectivity index (χ4n) is 0.352. The first-order valence-corrected chi connectivity index (χ1v) is 4.17. The van der Waals surface area contributed by atoms with Gasteiger partial charge in [-0.15, -0.1) is 0 Å². The maximum Gasteiger partial charge on any atom is 0.0211 e. The average Bonchev–Trinajstić information content (AvgIpc) is 1.63. The summed E-state index contributed by atoms with van der Waals surface area (Å²) in [6, 6.07) is 0. The van der Waals surface area contributed by atoms with Crippen LogP contribution in [-0.4, -0.2) is 17.9 Å². The zero-order chi connectivity index (χ0) is 7.33. The minimum absolute atomic E-state index is 0.133. The minimum atomic E-state index is -4.35. The molecule has 0 rings (SSSR count). The van der Waals surface area contributed by atoms with Crippen molar-refractivity contribution in [2.75, 3.05) is 12.7 Å². The minimum Gasteiger partial charge on any atom is -0.811 e. The molecule has 0 aliphatic carbocycles. The lowest BCUT2D eigenvalue weighted by Crippen LogP contribution is -2.19. The third-order valence-corrected chi connectivity index (χ3v) is 1.58. The van der Waals surface area contributed by atoms with Crippen LogP contribution in [0.3, 0.4) is 0 Å². The summed E-state index contributed by atoms with van der Waals surface area (Å²) in [5.41, 5.74) is 1.74.